The first kappa shape index (κ1) is 20.8. The minimum atomic E-state index is -0.525. The Kier molecular flexibility index (Phi) is 6.80. The molecule has 0 aliphatic carbocycles. The third-order valence-electron chi connectivity index (χ3n) is 3.94. The first-order valence-electron chi connectivity index (χ1n) is 8.77. The summed E-state index contributed by atoms with van der Waals surface area (Å²) < 4.78 is 18.4. The van der Waals surface area contributed by atoms with Gasteiger partial charge < -0.3 is 10.1 Å². The van der Waals surface area contributed by atoms with Crippen LogP contribution in [0.25, 0.3) is 17.2 Å². The second kappa shape index (κ2) is 9.49. The van der Waals surface area contributed by atoms with Crippen LogP contribution in [-0.4, -0.2) is 18.5 Å². The third-order valence-corrected chi connectivity index (χ3v) is 5.09. The number of thiophene rings is 1. The molecule has 0 radical (unpaired) electrons. The number of carbonyl (C=O) groups is 2. The molecule has 4 nitrogen and oxygen atoms in total. The zero-order chi connectivity index (χ0) is 20.8. The number of esters is 1. The Morgan fingerprint density at radius 2 is 1.97 bits per heavy atom. The molecule has 3 rings (SSSR count). The van der Waals surface area contributed by atoms with Crippen molar-refractivity contribution < 1.29 is 18.7 Å². The molecule has 3 aromatic rings. The molecule has 0 spiro atoms. The van der Waals surface area contributed by atoms with Crippen molar-refractivity contribution in [1.82, 2.24) is 0 Å². The topological polar surface area (TPSA) is 55.4 Å². The number of ether oxygens (including phenoxy) is 1. The lowest BCUT2D eigenvalue weighted by molar-refractivity contribution is -0.111. The molecule has 0 aliphatic heterocycles. The van der Waals surface area contributed by atoms with E-state index >= 15 is 0 Å². The maximum absolute atomic E-state index is 13.2. The molecule has 0 unspecified atom stereocenters. The van der Waals surface area contributed by atoms with Crippen molar-refractivity contribution in [2.75, 3.05) is 11.9 Å². The van der Waals surface area contributed by atoms with Gasteiger partial charge in [-0.05, 0) is 48.4 Å². The van der Waals surface area contributed by atoms with E-state index in [-0.39, 0.29) is 18.0 Å². The lowest BCUT2D eigenvalue weighted by Gasteiger charge is -2.08. The summed E-state index contributed by atoms with van der Waals surface area (Å²) in [6.45, 7) is 1.92. The van der Waals surface area contributed by atoms with Crippen molar-refractivity contribution in [3.8, 4) is 11.1 Å². The number of anilines is 1. The quantitative estimate of drug-likeness (QED) is 0.384. The Bertz CT molecular complexity index is 1060. The predicted molar refractivity (Wildman–Crippen MR) is 115 cm³/mol. The number of rotatable bonds is 6. The number of amides is 1. The van der Waals surface area contributed by atoms with E-state index in [1.165, 1.54) is 35.6 Å². The summed E-state index contributed by atoms with van der Waals surface area (Å²) in [6, 6.07) is 12.9. The summed E-state index contributed by atoms with van der Waals surface area (Å²) in [5.41, 5.74) is 2.27. The number of hydrogen-bond donors (Lipinski definition) is 1. The highest BCUT2D eigenvalue weighted by Gasteiger charge is 2.22. The first-order valence-corrected chi connectivity index (χ1v) is 10.0. The van der Waals surface area contributed by atoms with Crippen molar-refractivity contribution >= 4 is 45.9 Å². The minimum Gasteiger partial charge on any atom is -0.462 e. The number of nitrogens with one attached hydrogen (secondary N) is 1. The van der Waals surface area contributed by atoms with Gasteiger partial charge >= 0.3 is 5.97 Å². The normalized spacial score (nSPS) is 10.9. The summed E-state index contributed by atoms with van der Waals surface area (Å²) in [5, 5.41) is 5.45. The highest BCUT2D eigenvalue weighted by Crippen LogP contribution is 2.36. The van der Waals surface area contributed by atoms with Gasteiger partial charge in [-0.25, -0.2) is 9.18 Å². The van der Waals surface area contributed by atoms with E-state index < -0.39 is 11.9 Å². The van der Waals surface area contributed by atoms with E-state index in [2.05, 4.69) is 5.32 Å². The average molecular weight is 430 g/mol. The summed E-state index contributed by atoms with van der Waals surface area (Å²) >= 11 is 7.17. The van der Waals surface area contributed by atoms with Crippen LogP contribution in [0.5, 0.6) is 0 Å². The Hall–Kier alpha value is -2.96. The fourth-order valence-corrected chi connectivity index (χ4v) is 3.72. The van der Waals surface area contributed by atoms with Crippen LogP contribution in [0.4, 0.5) is 9.39 Å². The van der Waals surface area contributed by atoms with Crippen LogP contribution < -0.4 is 5.32 Å². The molecule has 2 aromatic carbocycles. The van der Waals surface area contributed by atoms with Gasteiger partial charge in [-0.1, -0.05) is 35.9 Å². The monoisotopic (exact) mass is 429 g/mol. The zero-order valence-corrected chi connectivity index (χ0v) is 17.0. The van der Waals surface area contributed by atoms with Gasteiger partial charge in [-0.2, -0.15) is 0 Å². The third kappa shape index (κ3) is 5.31. The maximum Gasteiger partial charge on any atom is 0.341 e. The van der Waals surface area contributed by atoms with Gasteiger partial charge in [0.25, 0.3) is 0 Å². The molecule has 0 atom stereocenters. The molecule has 148 valence electrons. The molecule has 0 saturated carbocycles. The second-order valence-electron chi connectivity index (χ2n) is 5.96. The first-order chi connectivity index (χ1) is 14.0. The van der Waals surface area contributed by atoms with E-state index in [0.29, 0.717) is 21.2 Å². The Balaban J connectivity index is 1.87. The number of halogens is 2. The Morgan fingerprint density at radius 3 is 2.66 bits per heavy atom. The van der Waals surface area contributed by atoms with Gasteiger partial charge in [-0.3, -0.25) is 4.79 Å². The average Bonchev–Trinajstić information content (AvgIpc) is 3.11. The van der Waals surface area contributed by atoms with Crippen LogP contribution in [0, 0.1) is 5.82 Å². The molecule has 0 fully saturated rings. The van der Waals surface area contributed by atoms with Gasteiger partial charge in [-0.15, -0.1) is 11.3 Å². The van der Waals surface area contributed by atoms with E-state index in [0.717, 1.165) is 5.56 Å². The van der Waals surface area contributed by atoms with Crippen LogP contribution in [0.1, 0.15) is 22.8 Å². The van der Waals surface area contributed by atoms with Gasteiger partial charge in [0, 0.05) is 22.0 Å². The lowest BCUT2D eigenvalue weighted by Crippen LogP contribution is -2.12. The Labute approximate surface area is 176 Å². The molecule has 1 N–H and O–H groups in total. The summed E-state index contributed by atoms with van der Waals surface area (Å²) in [5.74, 6) is -1.35. The fourth-order valence-electron chi connectivity index (χ4n) is 2.63. The maximum atomic E-state index is 13.2. The van der Waals surface area contributed by atoms with Crippen molar-refractivity contribution in [2.24, 2.45) is 0 Å². The molecule has 1 aromatic heterocycles. The highest BCUT2D eigenvalue weighted by molar-refractivity contribution is 7.15. The molecular weight excluding hydrogens is 413 g/mol. The number of carbonyl (C=O) groups excluding carboxylic acids is 2. The molecule has 7 heteroatoms. The fraction of sp³-hybridized carbons (Fsp3) is 0.0909. The second-order valence-corrected chi connectivity index (χ2v) is 7.27. The predicted octanol–water partition coefficient (Wildman–Crippen LogP) is 6.04. The number of benzene rings is 2. The summed E-state index contributed by atoms with van der Waals surface area (Å²) in [4.78, 5) is 24.9. The molecule has 29 heavy (non-hydrogen) atoms. The molecule has 0 saturated heterocycles. The Morgan fingerprint density at radius 1 is 1.21 bits per heavy atom. The lowest BCUT2D eigenvalue weighted by atomic mass is 10.0. The molecule has 0 aliphatic rings. The summed E-state index contributed by atoms with van der Waals surface area (Å²) in [7, 11) is 0. The van der Waals surface area contributed by atoms with Gasteiger partial charge in [0.2, 0.25) is 5.91 Å². The largest absolute Gasteiger partial charge is 0.462 e. The van der Waals surface area contributed by atoms with Crippen LogP contribution in [0.3, 0.4) is 0 Å². The molecular formula is C22H17ClFNO3S. The van der Waals surface area contributed by atoms with Gasteiger partial charge in [0.05, 0.1) is 6.61 Å². The van der Waals surface area contributed by atoms with E-state index in [9.17, 15) is 14.0 Å². The molecule has 1 heterocycles. The molecule has 1 amide bonds. The standard InChI is InChI=1S/C22H17ClFNO3S/c1-2-28-22(27)20-18(15-7-9-16(23)10-8-15)13-29-21(20)25-19(26)11-6-14-4-3-5-17(24)12-14/h3-13H,2H2,1H3,(H,25,26)/b11-6+. The zero-order valence-electron chi connectivity index (χ0n) is 15.4. The van der Waals surface area contributed by atoms with Crippen LogP contribution >= 0.6 is 22.9 Å². The smallest absolute Gasteiger partial charge is 0.341 e. The summed E-state index contributed by atoms with van der Waals surface area (Å²) in [6.07, 6.45) is 2.78. The number of hydrogen-bond acceptors (Lipinski definition) is 4. The van der Waals surface area contributed by atoms with Crippen LogP contribution in [-0.2, 0) is 9.53 Å². The van der Waals surface area contributed by atoms with Crippen molar-refractivity contribution in [3.63, 3.8) is 0 Å². The SMILES string of the molecule is CCOC(=O)c1c(-c2ccc(Cl)cc2)csc1NC(=O)/C=C/c1cccc(F)c1. The van der Waals surface area contributed by atoms with Crippen molar-refractivity contribution in [2.45, 2.75) is 6.92 Å². The highest BCUT2D eigenvalue weighted by atomic mass is 35.5. The van der Waals surface area contributed by atoms with E-state index in [1.807, 2.05) is 0 Å². The van der Waals surface area contributed by atoms with Gasteiger partial charge in [0.1, 0.15) is 16.4 Å². The van der Waals surface area contributed by atoms with Crippen LogP contribution in [0.2, 0.25) is 5.02 Å². The van der Waals surface area contributed by atoms with E-state index in [1.54, 1.807) is 48.7 Å². The van der Waals surface area contributed by atoms with Crippen molar-refractivity contribution in [3.05, 3.63) is 82.0 Å². The van der Waals surface area contributed by atoms with Crippen molar-refractivity contribution in [1.29, 1.82) is 0 Å². The van der Waals surface area contributed by atoms with E-state index in [4.69, 9.17) is 16.3 Å². The molecule has 0 bridgehead atoms. The van der Waals surface area contributed by atoms with Crippen LogP contribution in [0.15, 0.2) is 60.0 Å². The van der Waals surface area contributed by atoms with Gasteiger partial charge in [0.15, 0.2) is 0 Å². The minimum absolute atomic E-state index is 0.210.